The molecule has 1 heterocycles. The number of aromatic amines is 1. The van der Waals surface area contributed by atoms with E-state index in [1.165, 1.54) is 0 Å². The van der Waals surface area contributed by atoms with Crippen LogP contribution in [-0.4, -0.2) is 36.4 Å². The van der Waals surface area contributed by atoms with Crippen molar-refractivity contribution in [3.63, 3.8) is 0 Å². The van der Waals surface area contributed by atoms with Gasteiger partial charge in [-0.3, -0.25) is 9.89 Å². The standard InChI is InChI=1S/C24H26N2O6/c1-6-22(27)31-18-11-10-15(12-16(18)14(2)3)24(28)32-21-13-17(25-26-21)23-19(29-4)8-7-9-20(23)30-5/h7-14H,6H2,1-5H3,(H,25,26). The number of esters is 2. The minimum Gasteiger partial charge on any atom is -0.496 e. The second kappa shape index (κ2) is 10.00. The molecule has 0 amide bonds. The Hall–Kier alpha value is -3.81. The lowest BCUT2D eigenvalue weighted by Crippen LogP contribution is -2.12. The molecule has 0 aliphatic heterocycles. The number of carbonyl (C=O) groups excluding carboxylic acids is 2. The molecule has 0 fully saturated rings. The number of hydrogen-bond donors (Lipinski definition) is 1. The highest BCUT2D eigenvalue weighted by atomic mass is 16.5. The second-order valence-electron chi connectivity index (χ2n) is 7.28. The lowest BCUT2D eigenvalue weighted by atomic mass is 9.99. The third kappa shape index (κ3) is 4.91. The summed E-state index contributed by atoms with van der Waals surface area (Å²) in [5.41, 5.74) is 2.30. The number of rotatable bonds is 8. The first-order valence-corrected chi connectivity index (χ1v) is 10.2. The zero-order valence-corrected chi connectivity index (χ0v) is 18.7. The Labute approximate surface area is 186 Å². The van der Waals surface area contributed by atoms with Crippen molar-refractivity contribution in [3.05, 3.63) is 53.6 Å². The van der Waals surface area contributed by atoms with E-state index in [2.05, 4.69) is 10.2 Å². The van der Waals surface area contributed by atoms with Gasteiger partial charge in [0.25, 0.3) is 0 Å². The summed E-state index contributed by atoms with van der Waals surface area (Å²) in [6, 6.07) is 11.8. The van der Waals surface area contributed by atoms with Gasteiger partial charge in [-0.15, -0.1) is 5.10 Å². The predicted octanol–water partition coefficient (Wildman–Crippen LogP) is 4.75. The molecule has 1 aromatic heterocycles. The Bertz CT molecular complexity index is 1100. The summed E-state index contributed by atoms with van der Waals surface area (Å²) >= 11 is 0. The Morgan fingerprint density at radius 3 is 2.25 bits per heavy atom. The van der Waals surface area contributed by atoms with Crippen LogP contribution in [0, 0.1) is 0 Å². The molecule has 3 aromatic rings. The van der Waals surface area contributed by atoms with E-state index in [1.807, 2.05) is 19.9 Å². The van der Waals surface area contributed by atoms with E-state index in [9.17, 15) is 9.59 Å². The maximum atomic E-state index is 12.7. The number of aromatic nitrogens is 2. The highest BCUT2D eigenvalue weighted by Gasteiger charge is 2.19. The van der Waals surface area contributed by atoms with Gasteiger partial charge in [-0.25, -0.2) is 4.79 Å². The number of nitrogens with one attached hydrogen (secondary N) is 1. The van der Waals surface area contributed by atoms with E-state index >= 15 is 0 Å². The van der Waals surface area contributed by atoms with Gasteiger partial charge < -0.3 is 18.9 Å². The summed E-state index contributed by atoms with van der Waals surface area (Å²) in [5, 5.41) is 6.94. The Morgan fingerprint density at radius 1 is 0.969 bits per heavy atom. The van der Waals surface area contributed by atoms with Crippen molar-refractivity contribution in [2.45, 2.75) is 33.1 Å². The highest BCUT2D eigenvalue weighted by molar-refractivity contribution is 5.91. The maximum absolute atomic E-state index is 12.7. The van der Waals surface area contributed by atoms with Crippen molar-refractivity contribution < 1.29 is 28.5 Å². The van der Waals surface area contributed by atoms with Crippen molar-refractivity contribution in [2.75, 3.05) is 14.2 Å². The summed E-state index contributed by atoms with van der Waals surface area (Å²) in [6.45, 7) is 5.63. The lowest BCUT2D eigenvalue weighted by molar-refractivity contribution is -0.134. The first-order chi connectivity index (χ1) is 15.4. The van der Waals surface area contributed by atoms with Crippen molar-refractivity contribution in [1.82, 2.24) is 10.2 Å². The molecule has 3 rings (SSSR count). The summed E-state index contributed by atoms with van der Waals surface area (Å²) in [5.74, 6) is 0.842. The molecule has 0 bridgehead atoms. The van der Waals surface area contributed by atoms with Crippen LogP contribution in [0.15, 0.2) is 42.5 Å². The van der Waals surface area contributed by atoms with Gasteiger partial charge in [0.2, 0.25) is 5.88 Å². The molecule has 32 heavy (non-hydrogen) atoms. The number of H-pyrrole nitrogens is 1. The van der Waals surface area contributed by atoms with Crippen LogP contribution in [-0.2, 0) is 4.79 Å². The van der Waals surface area contributed by atoms with Crippen LogP contribution in [0.2, 0.25) is 0 Å². The Kier molecular flexibility index (Phi) is 7.14. The number of ether oxygens (including phenoxy) is 4. The molecule has 8 heteroatoms. The maximum Gasteiger partial charge on any atom is 0.344 e. The molecule has 0 radical (unpaired) electrons. The van der Waals surface area contributed by atoms with E-state index in [1.54, 1.807) is 57.5 Å². The van der Waals surface area contributed by atoms with Gasteiger partial charge in [0, 0.05) is 12.5 Å². The lowest BCUT2D eigenvalue weighted by Gasteiger charge is -2.13. The van der Waals surface area contributed by atoms with E-state index in [4.69, 9.17) is 18.9 Å². The van der Waals surface area contributed by atoms with E-state index in [0.717, 1.165) is 5.56 Å². The van der Waals surface area contributed by atoms with E-state index in [-0.39, 0.29) is 24.2 Å². The fraction of sp³-hybridized carbons (Fsp3) is 0.292. The van der Waals surface area contributed by atoms with Gasteiger partial charge in [-0.2, -0.15) is 0 Å². The molecule has 0 spiro atoms. The van der Waals surface area contributed by atoms with Crippen molar-refractivity contribution in [1.29, 1.82) is 0 Å². The average molecular weight is 438 g/mol. The van der Waals surface area contributed by atoms with E-state index < -0.39 is 5.97 Å². The largest absolute Gasteiger partial charge is 0.496 e. The molecular formula is C24H26N2O6. The first-order valence-electron chi connectivity index (χ1n) is 10.2. The fourth-order valence-electron chi connectivity index (χ4n) is 3.17. The summed E-state index contributed by atoms with van der Waals surface area (Å²) in [4.78, 5) is 24.4. The van der Waals surface area contributed by atoms with Gasteiger partial charge >= 0.3 is 11.9 Å². The summed E-state index contributed by atoms with van der Waals surface area (Å²) in [7, 11) is 3.12. The van der Waals surface area contributed by atoms with Crippen LogP contribution < -0.4 is 18.9 Å². The van der Waals surface area contributed by atoms with Crippen LogP contribution in [0.1, 0.15) is 49.0 Å². The zero-order valence-electron chi connectivity index (χ0n) is 18.7. The van der Waals surface area contributed by atoms with Crippen LogP contribution >= 0.6 is 0 Å². The van der Waals surface area contributed by atoms with Gasteiger partial charge in [-0.1, -0.05) is 26.8 Å². The van der Waals surface area contributed by atoms with E-state index in [0.29, 0.717) is 34.1 Å². The minimum atomic E-state index is -0.578. The van der Waals surface area contributed by atoms with Crippen molar-refractivity contribution >= 4 is 11.9 Å². The highest BCUT2D eigenvalue weighted by Crippen LogP contribution is 2.38. The quantitative estimate of drug-likeness (QED) is 0.400. The molecule has 0 unspecified atom stereocenters. The molecule has 0 saturated heterocycles. The van der Waals surface area contributed by atoms with Crippen molar-refractivity contribution in [2.24, 2.45) is 0 Å². The number of benzene rings is 2. The molecule has 2 aromatic carbocycles. The van der Waals surface area contributed by atoms with Crippen LogP contribution in [0.5, 0.6) is 23.1 Å². The summed E-state index contributed by atoms with van der Waals surface area (Å²) in [6.07, 6.45) is 0.264. The SMILES string of the molecule is CCC(=O)Oc1ccc(C(=O)Oc2cc(-c3c(OC)cccc3OC)[nH]n2)cc1C(C)C. The molecule has 0 atom stereocenters. The van der Waals surface area contributed by atoms with Gasteiger partial charge in [0.1, 0.15) is 17.2 Å². The normalized spacial score (nSPS) is 10.7. The average Bonchev–Trinajstić information content (AvgIpc) is 3.26. The van der Waals surface area contributed by atoms with Crippen LogP contribution in [0.25, 0.3) is 11.3 Å². The van der Waals surface area contributed by atoms with Gasteiger partial charge in [0.05, 0.1) is 31.0 Å². The summed E-state index contributed by atoms with van der Waals surface area (Å²) < 4.78 is 21.7. The zero-order chi connectivity index (χ0) is 23.3. The smallest absolute Gasteiger partial charge is 0.344 e. The molecule has 0 saturated carbocycles. The molecule has 168 valence electrons. The number of hydrogen-bond acceptors (Lipinski definition) is 7. The molecule has 0 aliphatic carbocycles. The molecule has 0 aliphatic rings. The van der Waals surface area contributed by atoms with Gasteiger partial charge in [0.15, 0.2) is 0 Å². The minimum absolute atomic E-state index is 0.0393. The molecular weight excluding hydrogens is 412 g/mol. The fourth-order valence-corrected chi connectivity index (χ4v) is 3.17. The van der Waals surface area contributed by atoms with Crippen molar-refractivity contribution in [3.8, 4) is 34.4 Å². The number of nitrogens with zero attached hydrogens (tertiary/aromatic N) is 1. The Morgan fingerprint density at radius 2 is 1.66 bits per heavy atom. The topological polar surface area (TPSA) is 99.7 Å². The molecule has 1 N–H and O–H groups in total. The number of methoxy groups -OCH3 is 2. The van der Waals surface area contributed by atoms with Gasteiger partial charge in [-0.05, 0) is 41.8 Å². The second-order valence-corrected chi connectivity index (χ2v) is 7.28. The van der Waals surface area contributed by atoms with Crippen LogP contribution in [0.3, 0.4) is 0 Å². The molecule has 8 nitrogen and oxygen atoms in total. The number of carbonyl (C=O) groups is 2. The third-order valence-corrected chi connectivity index (χ3v) is 4.83. The predicted molar refractivity (Wildman–Crippen MR) is 119 cm³/mol. The monoisotopic (exact) mass is 438 g/mol. The first kappa shape index (κ1) is 22.9. The Balaban J connectivity index is 1.84. The third-order valence-electron chi connectivity index (χ3n) is 4.83. The van der Waals surface area contributed by atoms with Crippen LogP contribution in [0.4, 0.5) is 0 Å².